The van der Waals surface area contributed by atoms with Crippen molar-refractivity contribution in [1.82, 2.24) is 0 Å². The van der Waals surface area contributed by atoms with Gasteiger partial charge in [0.15, 0.2) is 0 Å². The van der Waals surface area contributed by atoms with Gasteiger partial charge in [-0.05, 0) is 96.9 Å². The van der Waals surface area contributed by atoms with Gasteiger partial charge in [-0.15, -0.1) is 0 Å². The predicted octanol–water partition coefficient (Wildman–Crippen LogP) is 5.33. The van der Waals surface area contributed by atoms with Crippen molar-refractivity contribution < 1.29 is 99.4 Å². The molecule has 5 N–H and O–H groups in total. The molecule has 0 aromatic heterocycles. The fraction of sp³-hybridized carbons (Fsp3) is 1.00. The Morgan fingerprint density at radius 1 is 0.212 bits per heavy atom. The van der Waals surface area contributed by atoms with Crippen LogP contribution in [0, 0.1) is 0 Å². The first-order valence-electron chi connectivity index (χ1n) is 22.9. The third-order valence-corrected chi connectivity index (χ3v) is 12.2. The van der Waals surface area contributed by atoms with E-state index in [2.05, 4.69) is 0 Å². The van der Waals surface area contributed by atoms with E-state index in [0.717, 1.165) is 0 Å². The van der Waals surface area contributed by atoms with Gasteiger partial charge in [-0.25, -0.2) is 0 Å². The zero-order valence-corrected chi connectivity index (χ0v) is 44.8. The highest BCUT2D eigenvalue weighted by molar-refractivity contribution is 7.42. The summed E-state index contributed by atoms with van der Waals surface area (Å²) in [5, 5.41) is 47.8. The van der Waals surface area contributed by atoms with Crippen molar-refractivity contribution in [3.63, 3.8) is 0 Å². The Kier molecular flexibility index (Phi) is 41.3. The molecule has 398 valence electrons. The minimum absolute atomic E-state index is 0.148. The van der Waals surface area contributed by atoms with E-state index >= 15 is 0 Å². The van der Waals surface area contributed by atoms with Crippen molar-refractivity contribution in [1.29, 1.82) is 0 Å². The Morgan fingerprint density at radius 2 is 0.318 bits per heavy atom. The van der Waals surface area contributed by atoms with Gasteiger partial charge in [0, 0.05) is 0 Å². The van der Waals surface area contributed by atoms with Crippen LogP contribution in [-0.2, 0) is 73.9 Å². The molecule has 0 amide bonds. The lowest BCUT2D eigenvalue weighted by Crippen LogP contribution is -2.26. The lowest BCUT2D eigenvalue weighted by Gasteiger charge is -2.28. The Labute approximate surface area is 399 Å². The summed E-state index contributed by atoms with van der Waals surface area (Å²) < 4.78 is 94.5. The van der Waals surface area contributed by atoms with E-state index in [9.17, 15) is 25.5 Å². The van der Waals surface area contributed by atoms with Crippen LogP contribution in [0.1, 0.15) is 96.9 Å². The molecule has 0 aliphatic heterocycles. The molecule has 14 unspecified atom stereocenters. The van der Waals surface area contributed by atoms with Crippen molar-refractivity contribution in [2.24, 2.45) is 0 Å². The summed E-state index contributed by atoms with van der Waals surface area (Å²) in [5.41, 5.74) is 0. The molecule has 0 radical (unpaired) electrons. The zero-order chi connectivity index (χ0) is 50.0. The Hall–Kier alpha value is 0.450. The highest BCUT2D eigenvalue weighted by Gasteiger charge is 2.27. The molecule has 14 atom stereocenters. The second kappa shape index (κ2) is 41.0. The Bertz CT molecular complexity index is 979. The van der Waals surface area contributed by atoms with E-state index in [0.29, 0.717) is 0 Å². The lowest BCUT2D eigenvalue weighted by molar-refractivity contribution is -0.0356. The SMILES string of the molecule is CC(O)COCC(C)OP(OC(C)COCC(C)O)OC(C)COCC(C)OP(OC(C)COCC(C)O)OC(C)COCC(C)OP(OC(C)COCC(C)O)OC(C)COCC(C)O. The Balaban J connectivity index is 5.41. The topological polar surface area (TPSA) is 249 Å². The van der Waals surface area contributed by atoms with Crippen molar-refractivity contribution in [3.8, 4) is 0 Å². The lowest BCUT2D eigenvalue weighted by atomic mass is 10.4. The van der Waals surface area contributed by atoms with Gasteiger partial charge < -0.3 is 99.4 Å². The van der Waals surface area contributed by atoms with Gasteiger partial charge in [0.05, 0.1) is 178 Å². The van der Waals surface area contributed by atoms with Gasteiger partial charge in [-0.3, -0.25) is 0 Å². The molecule has 0 saturated carbocycles. The molecule has 0 aromatic carbocycles. The second-order valence-electron chi connectivity index (χ2n) is 16.9. The first kappa shape index (κ1) is 66.5. The van der Waals surface area contributed by atoms with Gasteiger partial charge in [-0.2, -0.15) is 0 Å². The summed E-state index contributed by atoms with van der Waals surface area (Å²) in [7, 11) is -5.66. The first-order chi connectivity index (χ1) is 31.0. The van der Waals surface area contributed by atoms with Crippen LogP contribution < -0.4 is 0 Å². The van der Waals surface area contributed by atoms with Gasteiger partial charge in [-0.1, -0.05) is 0 Å². The molecule has 0 aliphatic rings. The highest BCUT2D eigenvalue weighted by atomic mass is 31.2. The standard InChI is InChI=1S/C42H89O21P3/c1-29(43)15-48-20-34(6)55-64(56-35(7)21-49-16-30(2)44)60-39(11)25-53-27-41(13)62-66(59-38(10)24-52-19-33(5)47)63-42(14)28-54-26-40(12)61-65(57-36(8)22-50-17-31(3)45)58-37(9)23-51-18-32(4)46/h29-47H,15-28H2,1-14H3. The summed E-state index contributed by atoms with van der Waals surface area (Å²) in [6, 6.07) is 0. The molecule has 24 heteroatoms. The maximum atomic E-state index is 9.64. The average Bonchev–Trinajstić information content (AvgIpc) is 3.16. The van der Waals surface area contributed by atoms with Crippen LogP contribution in [-0.4, -0.2) is 203 Å². The molecule has 0 fully saturated rings. The van der Waals surface area contributed by atoms with E-state index < -0.39 is 111 Å². The minimum atomic E-state index is -1.93. The monoisotopic (exact) mass is 1020 g/mol. The quantitative estimate of drug-likeness (QED) is 0.0483. The number of hydrogen-bond acceptors (Lipinski definition) is 21. The summed E-state index contributed by atoms with van der Waals surface area (Å²) in [6.45, 7) is 27.1. The molecule has 21 nitrogen and oxygen atoms in total. The van der Waals surface area contributed by atoms with Crippen LogP contribution in [0.15, 0.2) is 0 Å². The van der Waals surface area contributed by atoms with E-state index in [1.54, 1.807) is 34.6 Å². The smallest absolute Gasteiger partial charge is 0.333 e. The van der Waals surface area contributed by atoms with Gasteiger partial charge in [0.2, 0.25) is 0 Å². The van der Waals surface area contributed by atoms with Crippen LogP contribution in [0.3, 0.4) is 0 Å². The van der Waals surface area contributed by atoms with E-state index in [1.165, 1.54) is 0 Å². The molecule has 0 aromatic rings. The van der Waals surface area contributed by atoms with Crippen molar-refractivity contribution in [2.75, 3.05) is 92.5 Å². The molecule has 0 spiro atoms. The van der Waals surface area contributed by atoms with E-state index in [4.69, 9.17) is 73.9 Å². The molecule has 0 aliphatic carbocycles. The summed E-state index contributed by atoms with van der Waals surface area (Å²) >= 11 is 0. The normalized spacial score (nSPS) is 20.2. The summed E-state index contributed by atoms with van der Waals surface area (Å²) in [6.07, 6.45) is -6.94. The molecule has 0 bridgehead atoms. The second-order valence-corrected chi connectivity index (χ2v) is 20.2. The maximum Gasteiger partial charge on any atom is 0.333 e. The number of ether oxygens (including phenoxy) is 7. The van der Waals surface area contributed by atoms with Gasteiger partial charge >= 0.3 is 25.8 Å². The van der Waals surface area contributed by atoms with Crippen molar-refractivity contribution >= 4 is 25.8 Å². The van der Waals surface area contributed by atoms with E-state index in [1.807, 2.05) is 62.3 Å². The molecule has 0 heterocycles. The fourth-order valence-electron chi connectivity index (χ4n) is 4.64. The molecule has 0 saturated heterocycles. The third-order valence-electron chi connectivity index (χ3n) is 7.36. The number of hydrogen-bond donors (Lipinski definition) is 5. The summed E-state index contributed by atoms with van der Waals surface area (Å²) in [4.78, 5) is 0. The minimum Gasteiger partial charge on any atom is -0.391 e. The number of aliphatic hydroxyl groups is 5. The van der Waals surface area contributed by atoms with Crippen molar-refractivity contribution in [2.45, 2.75) is 182 Å². The van der Waals surface area contributed by atoms with Crippen LogP contribution >= 0.6 is 25.8 Å². The van der Waals surface area contributed by atoms with Gasteiger partial charge in [0.25, 0.3) is 0 Å². The Morgan fingerprint density at radius 3 is 0.424 bits per heavy atom. The van der Waals surface area contributed by atoms with E-state index in [-0.39, 0.29) is 92.5 Å². The van der Waals surface area contributed by atoms with Crippen LogP contribution in [0.4, 0.5) is 0 Å². The maximum absolute atomic E-state index is 9.64. The number of aliphatic hydroxyl groups excluding tert-OH is 5. The van der Waals surface area contributed by atoms with Crippen molar-refractivity contribution in [3.05, 3.63) is 0 Å². The number of rotatable bonds is 46. The highest BCUT2D eigenvalue weighted by Crippen LogP contribution is 2.46. The predicted molar refractivity (Wildman–Crippen MR) is 250 cm³/mol. The largest absolute Gasteiger partial charge is 0.391 e. The van der Waals surface area contributed by atoms with Crippen LogP contribution in [0.5, 0.6) is 0 Å². The fourth-order valence-corrected chi connectivity index (χ4v) is 8.28. The van der Waals surface area contributed by atoms with Crippen LogP contribution in [0.2, 0.25) is 0 Å². The zero-order valence-electron chi connectivity index (χ0n) is 42.1. The summed E-state index contributed by atoms with van der Waals surface area (Å²) in [5.74, 6) is 0. The average molecular weight is 1020 g/mol. The first-order valence-corrected chi connectivity index (χ1v) is 26.2. The van der Waals surface area contributed by atoms with Gasteiger partial charge in [0.1, 0.15) is 0 Å². The molecule has 66 heavy (non-hydrogen) atoms. The third kappa shape index (κ3) is 42.2. The molecular weight excluding hydrogens is 933 g/mol. The van der Waals surface area contributed by atoms with Crippen LogP contribution in [0.25, 0.3) is 0 Å². The molecular formula is C42H89O21P3. The molecule has 0 rings (SSSR count).